The van der Waals surface area contributed by atoms with Gasteiger partial charge < -0.3 is 0 Å². The van der Waals surface area contributed by atoms with Crippen LogP contribution in [0.4, 0.5) is 0 Å². The average molecular weight is 112 g/mol. The fourth-order valence-electron chi connectivity index (χ4n) is 1.41. The Labute approximate surface area is 51.3 Å². The smallest absolute Gasteiger partial charge is 0.0154 e. The summed E-state index contributed by atoms with van der Waals surface area (Å²) in [4.78, 5) is 0. The molecular weight excluding hydrogens is 98.1 g/mol. The second-order valence-corrected chi connectivity index (χ2v) is 3.19. The minimum Gasteiger partial charge on any atom is -0.257 e. The van der Waals surface area contributed by atoms with E-state index >= 15 is 0 Å². The molecule has 0 unspecified atom stereocenters. The van der Waals surface area contributed by atoms with Gasteiger partial charge in [0.2, 0.25) is 0 Å². The van der Waals surface area contributed by atoms with E-state index in [1.54, 1.807) is 0 Å². The monoisotopic (exact) mass is 112 g/mol. The maximum absolute atomic E-state index is 7.20. The van der Waals surface area contributed by atoms with Gasteiger partial charge in [0, 0.05) is 6.54 Å². The zero-order valence-corrected chi connectivity index (χ0v) is 5.54. The summed E-state index contributed by atoms with van der Waals surface area (Å²) in [6, 6.07) is 0. The van der Waals surface area contributed by atoms with E-state index in [0.717, 1.165) is 0 Å². The van der Waals surface area contributed by atoms with Gasteiger partial charge in [-0.3, -0.25) is 5.73 Å². The van der Waals surface area contributed by atoms with Crippen molar-refractivity contribution in [2.75, 3.05) is 6.54 Å². The summed E-state index contributed by atoms with van der Waals surface area (Å²) in [6.07, 6.45) is 5.29. The van der Waals surface area contributed by atoms with E-state index in [4.69, 9.17) is 5.73 Å². The van der Waals surface area contributed by atoms with Crippen LogP contribution in [0.25, 0.3) is 0 Å². The molecule has 1 N–H and O–H groups in total. The molecule has 0 aliphatic heterocycles. The van der Waals surface area contributed by atoms with E-state index in [2.05, 4.69) is 6.92 Å². The molecule has 0 bridgehead atoms. The van der Waals surface area contributed by atoms with E-state index in [-0.39, 0.29) is 0 Å². The van der Waals surface area contributed by atoms with Crippen molar-refractivity contribution < 1.29 is 0 Å². The number of nitrogens with one attached hydrogen (secondary N) is 1. The predicted molar refractivity (Wildman–Crippen MR) is 34.5 cm³/mol. The van der Waals surface area contributed by atoms with Crippen LogP contribution in [-0.2, 0) is 0 Å². The summed E-state index contributed by atoms with van der Waals surface area (Å²) < 4.78 is 0. The third-order valence-electron chi connectivity index (χ3n) is 2.24. The largest absolute Gasteiger partial charge is 0.257 e. The molecule has 1 saturated carbocycles. The van der Waals surface area contributed by atoms with Crippen molar-refractivity contribution in [2.45, 2.75) is 32.6 Å². The van der Waals surface area contributed by atoms with Crippen LogP contribution in [0, 0.1) is 5.41 Å². The third-order valence-corrected chi connectivity index (χ3v) is 2.24. The Kier molecular flexibility index (Phi) is 1.57. The van der Waals surface area contributed by atoms with E-state index in [9.17, 15) is 0 Å². The Balaban J connectivity index is 2.40. The van der Waals surface area contributed by atoms with Crippen LogP contribution in [-0.4, -0.2) is 6.54 Å². The fraction of sp³-hybridized carbons (Fsp3) is 1.00. The Morgan fingerprint density at radius 1 is 1.38 bits per heavy atom. The van der Waals surface area contributed by atoms with Crippen molar-refractivity contribution in [3.63, 3.8) is 0 Å². The van der Waals surface area contributed by atoms with Gasteiger partial charge in [-0.2, -0.15) is 0 Å². The molecule has 1 radical (unpaired) electrons. The fourth-order valence-corrected chi connectivity index (χ4v) is 1.41. The van der Waals surface area contributed by atoms with Crippen molar-refractivity contribution in [2.24, 2.45) is 5.41 Å². The molecule has 47 valence electrons. The van der Waals surface area contributed by atoms with Crippen LogP contribution < -0.4 is 5.73 Å². The van der Waals surface area contributed by atoms with Crippen LogP contribution >= 0.6 is 0 Å². The maximum Gasteiger partial charge on any atom is 0.0154 e. The lowest BCUT2D eigenvalue weighted by molar-refractivity contribution is 0.345. The zero-order chi connectivity index (χ0) is 6.04. The lowest BCUT2D eigenvalue weighted by Gasteiger charge is -2.18. The summed E-state index contributed by atoms with van der Waals surface area (Å²) in [7, 11) is 0. The first-order chi connectivity index (χ1) is 3.77. The van der Waals surface area contributed by atoms with Crippen LogP contribution in [0.1, 0.15) is 32.6 Å². The average Bonchev–Trinajstić information content (AvgIpc) is 2.17. The molecule has 0 aromatic carbocycles. The molecule has 1 fully saturated rings. The van der Waals surface area contributed by atoms with E-state index in [1.807, 2.05) is 0 Å². The summed E-state index contributed by atoms with van der Waals surface area (Å²) >= 11 is 0. The highest BCUT2D eigenvalue weighted by atomic mass is 14.6. The molecule has 1 heteroatoms. The lowest BCUT2D eigenvalue weighted by atomic mass is 9.89. The van der Waals surface area contributed by atoms with Gasteiger partial charge in [-0.25, -0.2) is 0 Å². The van der Waals surface area contributed by atoms with Crippen molar-refractivity contribution in [1.29, 1.82) is 0 Å². The highest BCUT2D eigenvalue weighted by Gasteiger charge is 2.26. The van der Waals surface area contributed by atoms with Crippen molar-refractivity contribution in [3.8, 4) is 0 Å². The molecular formula is C7H14N. The van der Waals surface area contributed by atoms with Gasteiger partial charge in [0.25, 0.3) is 0 Å². The van der Waals surface area contributed by atoms with Crippen molar-refractivity contribution in [3.05, 3.63) is 0 Å². The highest BCUT2D eigenvalue weighted by Crippen LogP contribution is 2.36. The molecule has 0 atom stereocenters. The summed E-state index contributed by atoms with van der Waals surface area (Å²) in [5.74, 6) is 0. The molecule has 1 aliphatic carbocycles. The van der Waals surface area contributed by atoms with Gasteiger partial charge >= 0.3 is 0 Å². The highest BCUT2D eigenvalue weighted by molar-refractivity contribution is 4.80. The van der Waals surface area contributed by atoms with Gasteiger partial charge in [-0.15, -0.1) is 0 Å². The van der Waals surface area contributed by atoms with E-state index in [0.29, 0.717) is 12.0 Å². The summed E-state index contributed by atoms with van der Waals surface area (Å²) in [5, 5.41) is 0. The van der Waals surface area contributed by atoms with Crippen LogP contribution in [0.15, 0.2) is 0 Å². The minimum atomic E-state index is 0.403. The minimum absolute atomic E-state index is 0.403. The van der Waals surface area contributed by atoms with Gasteiger partial charge in [0.05, 0.1) is 0 Å². The Morgan fingerprint density at radius 2 is 1.88 bits per heavy atom. The van der Waals surface area contributed by atoms with Crippen molar-refractivity contribution >= 4 is 0 Å². The summed E-state index contributed by atoms with van der Waals surface area (Å²) in [6.45, 7) is 2.86. The van der Waals surface area contributed by atoms with Crippen LogP contribution in [0.3, 0.4) is 0 Å². The van der Waals surface area contributed by atoms with Gasteiger partial charge in [0.1, 0.15) is 0 Å². The molecule has 0 aromatic rings. The molecule has 1 nitrogen and oxygen atoms in total. The van der Waals surface area contributed by atoms with Gasteiger partial charge in [0.15, 0.2) is 0 Å². The Bertz CT molecular complexity index is 72.5. The molecule has 1 aliphatic rings. The second-order valence-electron chi connectivity index (χ2n) is 3.19. The van der Waals surface area contributed by atoms with Gasteiger partial charge in [-0.05, 0) is 18.3 Å². The zero-order valence-electron chi connectivity index (χ0n) is 5.54. The predicted octanol–water partition coefficient (Wildman–Crippen LogP) is 1.85. The first-order valence-electron chi connectivity index (χ1n) is 3.41. The molecule has 8 heavy (non-hydrogen) atoms. The normalized spacial score (nSPS) is 26.2. The number of rotatable bonds is 1. The van der Waals surface area contributed by atoms with Gasteiger partial charge in [-0.1, -0.05) is 19.8 Å². The molecule has 0 amide bonds. The first kappa shape index (κ1) is 6.09. The van der Waals surface area contributed by atoms with Crippen LogP contribution in [0.5, 0.6) is 0 Å². The molecule has 0 heterocycles. The topological polar surface area (TPSA) is 23.8 Å². The number of hydrogen-bond acceptors (Lipinski definition) is 0. The van der Waals surface area contributed by atoms with E-state index in [1.165, 1.54) is 25.7 Å². The molecule has 0 aromatic heterocycles. The van der Waals surface area contributed by atoms with E-state index < -0.39 is 0 Å². The van der Waals surface area contributed by atoms with Crippen molar-refractivity contribution in [1.82, 2.24) is 5.73 Å². The third kappa shape index (κ3) is 1.03. The second kappa shape index (κ2) is 2.06. The molecule has 0 spiro atoms. The van der Waals surface area contributed by atoms with Crippen LogP contribution in [0.2, 0.25) is 0 Å². The summed E-state index contributed by atoms with van der Waals surface area (Å²) in [5.41, 5.74) is 7.60. The molecule has 1 rings (SSSR count). The Hall–Kier alpha value is -0.0400. The Morgan fingerprint density at radius 3 is 2.12 bits per heavy atom. The standard InChI is InChI=1S/C7H14N/c1-7(6-8)4-2-3-5-7/h8H,2-6H2,1H3. The lowest BCUT2D eigenvalue weighted by Crippen LogP contribution is -2.16. The maximum atomic E-state index is 7.20. The molecule has 0 saturated heterocycles. The first-order valence-corrected chi connectivity index (χ1v) is 3.41. The quantitative estimate of drug-likeness (QED) is 0.494. The SMILES string of the molecule is CC1(C[NH])CCCC1. The number of hydrogen-bond donors (Lipinski definition) is 0.